The predicted octanol–water partition coefficient (Wildman–Crippen LogP) is 7.05. The third-order valence-electron chi connectivity index (χ3n) is 4.98. The van der Waals surface area contributed by atoms with E-state index in [0.717, 1.165) is 15.6 Å². The highest BCUT2D eigenvalue weighted by Gasteiger charge is 2.14. The summed E-state index contributed by atoms with van der Waals surface area (Å²) in [7, 11) is 0. The van der Waals surface area contributed by atoms with Gasteiger partial charge in [0.25, 0.3) is 5.56 Å². The Labute approximate surface area is 209 Å². The molecule has 4 rings (SSSR count). The summed E-state index contributed by atoms with van der Waals surface area (Å²) in [4.78, 5) is 17.9. The number of fused-ring (bicyclic) bond motifs is 1. The van der Waals surface area contributed by atoms with Crippen LogP contribution in [0.2, 0.25) is 10.0 Å². The minimum Gasteiger partial charge on any atom is -0.488 e. The van der Waals surface area contributed by atoms with Gasteiger partial charge in [0.1, 0.15) is 18.2 Å². The van der Waals surface area contributed by atoms with Crippen LogP contribution in [0.4, 0.5) is 0 Å². The SMILES string of the molecule is CC(C)c1nc2ccc(Br)cc2c(=O)n1N=Cc1ccccc1OCc1ccc(Cl)cc1Cl. The molecule has 0 saturated carbocycles. The number of para-hydroxylation sites is 1. The molecule has 0 N–H and O–H groups in total. The van der Waals surface area contributed by atoms with Crippen molar-refractivity contribution >= 4 is 56.2 Å². The van der Waals surface area contributed by atoms with Crippen molar-refractivity contribution in [2.24, 2.45) is 5.10 Å². The average molecular weight is 545 g/mol. The lowest BCUT2D eigenvalue weighted by Gasteiger charge is -2.13. The summed E-state index contributed by atoms with van der Waals surface area (Å²) in [5.41, 5.74) is 1.95. The Balaban J connectivity index is 1.69. The van der Waals surface area contributed by atoms with E-state index >= 15 is 0 Å². The van der Waals surface area contributed by atoms with Crippen molar-refractivity contribution in [2.75, 3.05) is 0 Å². The van der Waals surface area contributed by atoms with Crippen LogP contribution in [-0.4, -0.2) is 15.9 Å². The maximum Gasteiger partial charge on any atom is 0.282 e. The number of halogens is 3. The van der Waals surface area contributed by atoms with Gasteiger partial charge in [-0.1, -0.05) is 71.2 Å². The second kappa shape index (κ2) is 10.1. The normalized spacial score (nSPS) is 11.6. The maximum absolute atomic E-state index is 13.2. The smallest absolute Gasteiger partial charge is 0.282 e. The Hall–Kier alpha value is -2.67. The molecule has 8 heteroatoms. The fourth-order valence-electron chi connectivity index (χ4n) is 3.28. The van der Waals surface area contributed by atoms with Crippen molar-refractivity contribution in [3.63, 3.8) is 0 Å². The molecule has 4 aromatic rings. The zero-order valence-corrected chi connectivity index (χ0v) is 21.0. The van der Waals surface area contributed by atoms with Gasteiger partial charge < -0.3 is 4.74 Å². The lowest BCUT2D eigenvalue weighted by Crippen LogP contribution is -2.23. The quantitative estimate of drug-likeness (QED) is 0.244. The average Bonchev–Trinajstić information content (AvgIpc) is 2.78. The summed E-state index contributed by atoms with van der Waals surface area (Å²) in [6, 6.07) is 18.2. The first-order valence-corrected chi connectivity index (χ1v) is 11.8. The van der Waals surface area contributed by atoms with Crippen molar-refractivity contribution in [3.8, 4) is 5.75 Å². The predicted molar refractivity (Wildman–Crippen MR) is 138 cm³/mol. The van der Waals surface area contributed by atoms with Crippen LogP contribution in [0.15, 0.2) is 75.0 Å². The van der Waals surface area contributed by atoms with Crippen LogP contribution in [0.25, 0.3) is 10.9 Å². The van der Waals surface area contributed by atoms with Gasteiger partial charge >= 0.3 is 0 Å². The fraction of sp³-hybridized carbons (Fsp3) is 0.160. The Bertz CT molecular complexity index is 1420. The summed E-state index contributed by atoms with van der Waals surface area (Å²) in [5.74, 6) is 1.20. The summed E-state index contributed by atoms with van der Waals surface area (Å²) in [6.07, 6.45) is 1.61. The summed E-state index contributed by atoms with van der Waals surface area (Å²) < 4.78 is 8.16. The highest BCUT2D eigenvalue weighted by Crippen LogP contribution is 2.24. The third-order valence-corrected chi connectivity index (χ3v) is 6.06. The molecule has 1 aromatic heterocycles. The van der Waals surface area contributed by atoms with Gasteiger partial charge in [-0.15, -0.1) is 0 Å². The molecule has 0 bridgehead atoms. The van der Waals surface area contributed by atoms with Crippen molar-refractivity contribution in [1.82, 2.24) is 9.66 Å². The van der Waals surface area contributed by atoms with E-state index < -0.39 is 0 Å². The van der Waals surface area contributed by atoms with Crippen LogP contribution in [0.3, 0.4) is 0 Å². The van der Waals surface area contributed by atoms with Crippen molar-refractivity contribution < 1.29 is 4.74 Å². The van der Waals surface area contributed by atoms with Crippen LogP contribution in [0.5, 0.6) is 5.75 Å². The van der Waals surface area contributed by atoms with E-state index in [1.807, 2.05) is 56.3 Å². The Kier molecular flexibility index (Phi) is 7.17. The van der Waals surface area contributed by atoms with E-state index in [1.54, 1.807) is 24.4 Å². The summed E-state index contributed by atoms with van der Waals surface area (Å²) in [6.45, 7) is 4.22. The third kappa shape index (κ3) is 5.29. The Morgan fingerprint density at radius 2 is 1.91 bits per heavy atom. The van der Waals surface area contributed by atoms with E-state index in [1.165, 1.54) is 4.68 Å². The van der Waals surface area contributed by atoms with Crippen LogP contribution in [0, 0.1) is 0 Å². The first-order valence-electron chi connectivity index (χ1n) is 10.3. The standard InChI is InChI=1S/C25H20BrCl2N3O2/c1-15(2)24-30-22-10-8-18(26)11-20(22)25(32)31(24)29-13-16-5-3-4-6-23(16)33-14-17-7-9-19(27)12-21(17)28/h3-13,15H,14H2,1-2H3. The van der Waals surface area contributed by atoms with Gasteiger partial charge in [-0.25, -0.2) is 4.98 Å². The number of hydrogen-bond donors (Lipinski definition) is 0. The summed E-state index contributed by atoms with van der Waals surface area (Å²) >= 11 is 15.7. The molecule has 0 fully saturated rings. The Morgan fingerprint density at radius 3 is 2.67 bits per heavy atom. The van der Waals surface area contributed by atoms with Gasteiger partial charge in [0.15, 0.2) is 0 Å². The maximum atomic E-state index is 13.2. The van der Waals surface area contributed by atoms with E-state index in [0.29, 0.717) is 32.5 Å². The number of rotatable bonds is 6. The molecule has 1 heterocycles. The highest BCUT2D eigenvalue weighted by molar-refractivity contribution is 9.10. The summed E-state index contributed by atoms with van der Waals surface area (Å²) in [5, 5.41) is 6.10. The highest BCUT2D eigenvalue weighted by atomic mass is 79.9. The number of hydrogen-bond acceptors (Lipinski definition) is 4. The van der Waals surface area contributed by atoms with E-state index in [2.05, 4.69) is 26.0 Å². The number of nitrogens with zero attached hydrogens (tertiary/aromatic N) is 3. The monoisotopic (exact) mass is 543 g/mol. The molecule has 0 radical (unpaired) electrons. The molecule has 0 spiro atoms. The molecule has 0 atom stereocenters. The van der Waals surface area contributed by atoms with Gasteiger partial charge in [-0.3, -0.25) is 4.79 Å². The fourth-order valence-corrected chi connectivity index (χ4v) is 4.11. The topological polar surface area (TPSA) is 56.5 Å². The van der Waals surface area contributed by atoms with Gasteiger partial charge in [0.05, 0.1) is 17.1 Å². The minimum atomic E-state index is -0.229. The lowest BCUT2D eigenvalue weighted by molar-refractivity contribution is 0.306. The number of aromatic nitrogens is 2. The molecule has 0 amide bonds. The zero-order valence-electron chi connectivity index (χ0n) is 17.9. The van der Waals surface area contributed by atoms with E-state index in [-0.39, 0.29) is 18.1 Å². The van der Waals surface area contributed by atoms with Crippen LogP contribution in [0.1, 0.15) is 36.7 Å². The molecule has 168 valence electrons. The van der Waals surface area contributed by atoms with E-state index in [9.17, 15) is 4.79 Å². The molecule has 0 unspecified atom stereocenters. The van der Waals surface area contributed by atoms with Crippen molar-refractivity contribution in [1.29, 1.82) is 0 Å². The van der Waals surface area contributed by atoms with Crippen LogP contribution in [-0.2, 0) is 6.61 Å². The molecule has 0 aliphatic rings. The molecule has 0 aliphatic heterocycles. The van der Waals surface area contributed by atoms with Crippen LogP contribution < -0.4 is 10.3 Å². The number of ether oxygens (including phenoxy) is 1. The molecule has 3 aromatic carbocycles. The number of benzene rings is 3. The van der Waals surface area contributed by atoms with E-state index in [4.69, 9.17) is 27.9 Å². The molecular weight excluding hydrogens is 525 g/mol. The molecular formula is C25H20BrCl2N3O2. The van der Waals surface area contributed by atoms with Crippen molar-refractivity contribution in [3.05, 3.63) is 102 Å². The van der Waals surface area contributed by atoms with Crippen LogP contribution >= 0.6 is 39.1 Å². The minimum absolute atomic E-state index is 0.00133. The molecule has 0 saturated heterocycles. The lowest BCUT2D eigenvalue weighted by atomic mass is 10.2. The van der Waals surface area contributed by atoms with Gasteiger partial charge in [-0.05, 0) is 42.5 Å². The van der Waals surface area contributed by atoms with Crippen molar-refractivity contribution in [2.45, 2.75) is 26.4 Å². The van der Waals surface area contributed by atoms with Gasteiger partial charge in [0, 0.05) is 31.6 Å². The van der Waals surface area contributed by atoms with Gasteiger partial charge in [0.2, 0.25) is 0 Å². The van der Waals surface area contributed by atoms with Gasteiger partial charge in [-0.2, -0.15) is 9.78 Å². The largest absolute Gasteiger partial charge is 0.488 e. The molecule has 5 nitrogen and oxygen atoms in total. The first kappa shape index (κ1) is 23.5. The first-order chi connectivity index (χ1) is 15.8. The second-order valence-corrected chi connectivity index (χ2v) is 9.47. The second-order valence-electron chi connectivity index (χ2n) is 7.71. The zero-order chi connectivity index (χ0) is 23.5. The Morgan fingerprint density at radius 1 is 1.12 bits per heavy atom. The molecule has 0 aliphatic carbocycles. The molecule has 33 heavy (non-hydrogen) atoms.